The number of unbranched alkanes of at least 4 members (excludes halogenated alkanes) is 4. The Labute approximate surface area is 72.3 Å². The molecule has 0 radical (unpaired) electrons. The predicted octanol–water partition coefficient (Wildman–Crippen LogP) is 2.29. The highest BCUT2D eigenvalue weighted by Crippen LogP contribution is 2.05. The van der Waals surface area contributed by atoms with Crippen LogP contribution in [0.15, 0.2) is 0 Å². The Morgan fingerprint density at radius 3 is 2.50 bits per heavy atom. The molecular weight excluding hydrogens is 160 g/mol. The van der Waals surface area contributed by atoms with E-state index in [1.54, 1.807) is 0 Å². The Bertz CT molecular complexity index is 114. The Hall–Kier alpha value is -0.610. The minimum absolute atomic E-state index is 0.310. The van der Waals surface area contributed by atoms with Crippen LogP contribution in [0.2, 0.25) is 0 Å². The number of carbonyl (C=O) groups is 1. The number of rotatable bonds is 7. The molecular formula is C8H16O4. The molecule has 0 aliphatic rings. The third-order valence-corrected chi connectivity index (χ3v) is 1.61. The van der Waals surface area contributed by atoms with Gasteiger partial charge in [0.1, 0.15) is 0 Å². The Morgan fingerprint density at radius 2 is 1.92 bits per heavy atom. The number of hydrogen-bond donors (Lipinski definition) is 1. The largest absolute Gasteiger partial charge is 0.345 e. The van der Waals surface area contributed by atoms with Crippen molar-refractivity contribution in [2.24, 2.45) is 0 Å². The van der Waals surface area contributed by atoms with E-state index in [-0.39, 0.29) is 0 Å². The molecule has 0 saturated carbocycles. The van der Waals surface area contributed by atoms with Crippen molar-refractivity contribution in [3.63, 3.8) is 0 Å². The second-order valence-electron chi connectivity index (χ2n) is 2.69. The smallest absolute Gasteiger partial charge is 0.269 e. The van der Waals surface area contributed by atoms with E-state index in [0.29, 0.717) is 6.42 Å². The molecule has 12 heavy (non-hydrogen) atoms. The molecule has 0 bridgehead atoms. The molecule has 0 heterocycles. The highest BCUT2D eigenvalue weighted by Gasteiger charge is 2.02. The van der Waals surface area contributed by atoms with E-state index < -0.39 is 5.97 Å². The first-order valence-electron chi connectivity index (χ1n) is 4.32. The van der Waals surface area contributed by atoms with Crippen LogP contribution in [0.25, 0.3) is 0 Å². The Kier molecular flexibility index (Phi) is 8.05. The maximum absolute atomic E-state index is 10.6. The standard InChI is InChI=1S/C8H16O4/c1-2-3-4-5-6-7-8(9)11-12-10/h10H,2-7H2,1H3. The lowest BCUT2D eigenvalue weighted by atomic mass is 10.1. The van der Waals surface area contributed by atoms with Gasteiger partial charge in [0.05, 0.1) is 0 Å². The van der Waals surface area contributed by atoms with E-state index in [1.807, 2.05) is 0 Å². The first-order valence-corrected chi connectivity index (χ1v) is 4.32. The zero-order valence-corrected chi connectivity index (χ0v) is 7.41. The van der Waals surface area contributed by atoms with Gasteiger partial charge in [-0.1, -0.05) is 32.6 Å². The quantitative estimate of drug-likeness (QED) is 0.367. The molecule has 0 amide bonds. The fourth-order valence-electron chi connectivity index (χ4n) is 0.956. The summed E-state index contributed by atoms with van der Waals surface area (Å²) >= 11 is 0. The topological polar surface area (TPSA) is 55.8 Å². The van der Waals surface area contributed by atoms with Crippen LogP contribution in [-0.2, 0) is 14.7 Å². The van der Waals surface area contributed by atoms with Crippen LogP contribution in [0, 0.1) is 0 Å². The first-order chi connectivity index (χ1) is 5.81. The van der Waals surface area contributed by atoms with E-state index >= 15 is 0 Å². The van der Waals surface area contributed by atoms with Gasteiger partial charge < -0.3 is 0 Å². The summed E-state index contributed by atoms with van der Waals surface area (Å²) in [6.07, 6.45) is 5.65. The van der Waals surface area contributed by atoms with Gasteiger partial charge in [-0.25, -0.2) is 10.1 Å². The van der Waals surface area contributed by atoms with Gasteiger partial charge in [0.15, 0.2) is 0 Å². The molecule has 0 saturated heterocycles. The zero-order valence-electron chi connectivity index (χ0n) is 7.41. The van der Waals surface area contributed by atoms with Crippen LogP contribution in [0.5, 0.6) is 0 Å². The normalized spacial score (nSPS) is 9.83. The first kappa shape index (κ1) is 11.4. The fourth-order valence-corrected chi connectivity index (χ4v) is 0.956. The van der Waals surface area contributed by atoms with Gasteiger partial charge in [0, 0.05) is 6.42 Å². The van der Waals surface area contributed by atoms with E-state index in [2.05, 4.69) is 16.8 Å². The lowest BCUT2D eigenvalue weighted by molar-refractivity contribution is -0.462. The highest BCUT2D eigenvalue weighted by molar-refractivity contribution is 5.68. The summed E-state index contributed by atoms with van der Waals surface area (Å²) < 4.78 is 0. The summed E-state index contributed by atoms with van der Waals surface area (Å²) in [5.74, 6) is -0.519. The third-order valence-electron chi connectivity index (χ3n) is 1.61. The summed E-state index contributed by atoms with van der Waals surface area (Å²) in [4.78, 5) is 14.4. The predicted molar refractivity (Wildman–Crippen MR) is 43.2 cm³/mol. The van der Waals surface area contributed by atoms with Crippen molar-refractivity contribution < 1.29 is 20.0 Å². The monoisotopic (exact) mass is 176 g/mol. The second-order valence-corrected chi connectivity index (χ2v) is 2.69. The molecule has 0 unspecified atom stereocenters. The summed E-state index contributed by atoms with van der Waals surface area (Å²) in [5.41, 5.74) is 0. The van der Waals surface area contributed by atoms with Crippen molar-refractivity contribution >= 4 is 5.97 Å². The van der Waals surface area contributed by atoms with Gasteiger partial charge in [-0.15, -0.1) is 0 Å². The maximum Gasteiger partial charge on any atom is 0.345 e. The summed E-state index contributed by atoms with van der Waals surface area (Å²) in [6.45, 7) is 2.13. The lowest BCUT2D eigenvalue weighted by Gasteiger charge is -1.98. The summed E-state index contributed by atoms with van der Waals surface area (Å²) in [7, 11) is 0. The van der Waals surface area contributed by atoms with Crippen LogP contribution < -0.4 is 0 Å². The molecule has 0 rings (SSSR count). The van der Waals surface area contributed by atoms with Gasteiger partial charge >= 0.3 is 5.97 Å². The van der Waals surface area contributed by atoms with Crippen LogP contribution in [0.4, 0.5) is 0 Å². The molecule has 0 aromatic rings. The minimum atomic E-state index is -0.519. The van der Waals surface area contributed by atoms with Crippen LogP contribution in [0.3, 0.4) is 0 Å². The molecule has 0 aliphatic heterocycles. The molecule has 72 valence electrons. The van der Waals surface area contributed by atoms with Crippen molar-refractivity contribution in [3.05, 3.63) is 0 Å². The van der Waals surface area contributed by atoms with Crippen molar-refractivity contribution in [1.29, 1.82) is 0 Å². The summed E-state index contributed by atoms with van der Waals surface area (Å²) in [5, 5.41) is 11.0. The van der Waals surface area contributed by atoms with Crippen molar-refractivity contribution in [1.82, 2.24) is 0 Å². The van der Waals surface area contributed by atoms with E-state index in [9.17, 15) is 4.79 Å². The molecule has 0 fully saturated rings. The molecule has 0 atom stereocenters. The minimum Gasteiger partial charge on any atom is -0.269 e. The van der Waals surface area contributed by atoms with Crippen molar-refractivity contribution in [2.45, 2.75) is 45.4 Å². The van der Waals surface area contributed by atoms with Crippen LogP contribution in [-0.4, -0.2) is 11.2 Å². The average Bonchev–Trinajstić information content (AvgIpc) is 2.05. The van der Waals surface area contributed by atoms with E-state index in [1.165, 1.54) is 12.8 Å². The molecule has 1 N–H and O–H groups in total. The second kappa shape index (κ2) is 8.49. The van der Waals surface area contributed by atoms with E-state index in [0.717, 1.165) is 19.3 Å². The average molecular weight is 176 g/mol. The summed E-state index contributed by atoms with van der Waals surface area (Å²) in [6, 6.07) is 0. The molecule has 4 nitrogen and oxygen atoms in total. The van der Waals surface area contributed by atoms with Gasteiger partial charge in [-0.05, 0) is 11.5 Å². The molecule has 0 aromatic heterocycles. The van der Waals surface area contributed by atoms with Crippen molar-refractivity contribution in [2.75, 3.05) is 0 Å². The molecule has 0 spiro atoms. The lowest BCUT2D eigenvalue weighted by Crippen LogP contribution is -2.02. The van der Waals surface area contributed by atoms with Gasteiger partial charge in [-0.3, -0.25) is 4.89 Å². The molecule has 0 aromatic carbocycles. The molecule has 0 aliphatic carbocycles. The molecule has 4 heteroatoms. The number of hydrogen-bond acceptors (Lipinski definition) is 4. The van der Waals surface area contributed by atoms with Crippen LogP contribution >= 0.6 is 0 Å². The van der Waals surface area contributed by atoms with Gasteiger partial charge in [0.25, 0.3) is 0 Å². The highest BCUT2D eigenvalue weighted by atomic mass is 17.5. The Balaban J connectivity index is 3.03. The van der Waals surface area contributed by atoms with Gasteiger partial charge in [-0.2, -0.15) is 0 Å². The zero-order chi connectivity index (χ0) is 9.23. The van der Waals surface area contributed by atoms with E-state index in [4.69, 9.17) is 5.26 Å². The Morgan fingerprint density at radius 1 is 1.25 bits per heavy atom. The SMILES string of the molecule is CCCCCCCC(=O)OOO. The number of carbonyl (C=O) groups excluding carboxylic acids is 1. The van der Waals surface area contributed by atoms with Crippen molar-refractivity contribution in [3.8, 4) is 0 Å². The third kappa shape index (κ3) is 7.50. The van der Waals surface area contributed by atoms with Crippen LogP contribution in [0.1, 0.15) is 45.4 Å². The fraction of sp³-hybridized carbons (Fsp3) is 0.875. The maximum atomic E-state index is 10.6. The van der Waals surface area contributed by atoms with Gasteiger partial charge in [0.2, 0.25) is 0 Å².